The SMILES string of the molecule is COCC[C@H]1[C@H](C(=O)O)C1(C)C. The predicted molar refractivity (Wildman–Crippen MR) is 44.9 cm³/mol. The Bertz CT molecular complexity index is 186. The summed E-state index contributed by atoms with van der Waals surface area (Å²) >= 11 is 0. The predicted octanol–water partition coefficient (Wildman–Crippen LogP) is 1.38. The molecule has 0 bridgehead atoms. The Kier molecular flexibility index (Phi) is 2.42. The summed E-state index contributed by atoms with van der Waals surface area (Å²) in [5, 5.41) is 8.82. The van der Waals surface area contributed by atoms with Crippen LogP contribution in [0.3, 0.4) is 0 Å². The van der Waals surface area contributed by atoms with Crippen LogP contribution in [-0.2, 0) is 9.53 Å². The monoisotopic (exact) mass is 172 g/mol. The molecule has 1 aliphatic carbocycles. The summed E-state index contributed by atoms with van der Waals surface area (Å²) in [4.78, 5) is 10.7. The summed E-state index contributed by atoms with van der Waals surface area (Å²) in [6, 6.07) is 0. The fourth-order valence-electron chi connectivity index (χ4n) is 2.02. The van der Waals surface area contributed by atoms with Gasteiger partial charge in [0.05, 0.1) is 5.92 Å². The minimum Gasteiger partial charge on any atom is -0.481 e. The van der Waals surface area contributed by atoms with Gasteiger partial charge in [-0.05, 0) is 17.8 Å². The summed E-state index contributed by atoms with van der Waals surface area (Å²) in [5.74, 6) is -0.524. The first-order valence-electron chi connectivity index (χ1n) is 4.23. The van der Waals surface area contributed by atoms with Gasteiger partial charge in [0, 0.05) is 13.7 Å². The Morgan fingerprint density at radius 2 is 2.17 bits per heavy atom. The highest BCUT2D eigenvalue weighted by molar-refractivity contribution is 5.75. The molecule has 0 heterocycles. The number of aliphatic carboxylic acids is 1. The number of hydrogen-bond acceptors (Lipinski definition) is 2. The van der Waals surface area contributed by atoms with Gasteiger partial charge in [-0.3, -0.25) is 4.79 Å². The zero-order valence-electron chi connectivity index (χ0n) is 7.83. The van der Waals surface area contributed by atoms with E-state index in [2.05, 4.69) is 0 Å². The lowest BCUT2D eigenvalue weighted by molar-refractivity contribution is -0.139. The van der Waals surface area contributed by atoms with Gasteiger partial charge < -0.3 is 9.84 Å². The highest BCUT2D eigenvalue weighted by Gasteiger charge is 2.61. The Morgan fingerprint density at radius 1 is 1.58 bits per heavy atom. The normalized spacial score (nSPS) is 31.6. The minimum atomic E-state index is -0.666. The van der Waals surface area contributed by atoms with Gasteiger partial charge in [0.15, 0.2) is 0 Å². The summed E-state index contributed by atoms with van der Waals surface area (Å²) in [5.41, 5.74) is -0.0234. The number of carboxylic acid groups (broad SMARTS) is 1. The summed E-state index contributed by atoms with van der Waals surface area (Å²) in [6.07, 6.45) is 0.862. The van der Waals surface area contributed by atoms with Crippen LogP contribution in [0, 0.1) is 17.3 Å². The Morgan fingerprint density at radius 3 is 2.50 bits per heavy atom. The van der Waals surface area contributed by atoms with E-state index in [1.165, 1.54) is 0 Å². The number of carbonyl (C=O) groups is 1. The van der Waals surface area contributed by atoms with Gasteiger partial charge in [-0.1, -0.05) is 13.8 Å². The number of hydrogen-bond donors (Lipinski definition) is 1. The van der Waals surface area contributed by atoms with Crippen LogP contribution >= 0.6 is 0 Å². The lowest BCUT2D eigenvalue weighted by atomic mass is 10.1. The molecule has 3 nitrogen and oxygen atoms in total. The van der Waals surface area contributed by atoms with Gasteiger partial charge in [-0.15, -0.1) is 0 Å². The van der Waals surface area contributed by atoms with Crippen molar-refractivity contribution in [2.75, 3.05) is 13.7 Å². The molecule has 0 unspecified atom stereocenters. The topological polar surface area (TPSA) is 46.5 Å². The van der Waals surface area contributed by atoms with Crippen LogP contribution in [0.5, 0.6) is 0 Å². The van der Waals surface area contributed by atoms with E-state index in [1.807, 2.05) is 13.8 Å². The van der Waals surface area contributed by atoms with E-state index in [9.17, 15) is 4.79 Å². The molecule has 1 aliphatic rings. The highest BCUT2D eigenvalue weighted by atomic mass is 16.5. The smallest absolute Gasteiger partial charge is 0.307 e. The first kappa shape index (κ1) is 9.52. The lowest BCUT2D eigenvalue weighted by Crippen LogP contribution is -2.03. The molecule has 1 N–H and O–H groups in total. The lowest BCUT2D eigenvalue weighted by Gasteiger charge is -2.00. The zero-order chi connectivity index (χ0) is 9.35. The molecule has 2 atom stereocenters. The van der Waals surface area contributed by atoms with Crippen molar-refractivity contribution >= 4 is 5.97 Å². The molecule has 0 aliphatic heterocycles. The van der Waals surface area contributed by atoms with Gasteiger partial charge in [0.1, 0.15) is 0 Å². The Balaban J connectivity index is 2.43. The van der Waals surface area contributed by atoms with E-state index in [-0.39, 0.29) is 11.3 Å². The quantitative estimate of drug-likeness (QED) is 0.696. The second-order valence-electron chi connectivity index (χ2n) is 4.03. The molecule has 0 aromatic carbocycles. The van der Waals surface area contributed by atoms with Crippen molar-refractivity contribution in [1.29, 1.82) is 0 Å². The first-order valence-corrected chi connectivity index (χ1v) is 4.23. The number of ether oxygens (including phenoxy) is 1. The molecule has 0 amide bonds. The summed E-state index contributed by atoms with van der Waals surface area (Å²) < 4.78 is 4.92. The molecule has 0 aromatic heterocycles. The van der Waals surface area contributed by atoms with E-state index in [1.54, 1.807) is 7.11 Å². The average Bonchev–Trinajstić information content (AvgIpc) is 2.49. The number of rotatable bonds is 4. The van der Waals surface area contributed by atoms with Crippen molar-refractivity contribution in [2.24, 2.45) is 17.3 Å². The van der Waals surface area contributed by atoms with Crippen LogP contribution in [0.4, 0.5) is 0 Å². The van der Waals surface area contributed by atoms with Crippen LogP contribution in [0.1, 0.15) is 20.3 Å². The van der Waals surface area contributed by atoms with Crippen LogP contribution in [0.15, 0.2) is 0 Å². The van der Waals surface area contributed by atoms with E-state index in [0.717, 1.165) is 6.42 Å². The molecule has 1 rings (SSSR count). The molecule has 3 heteroatoms. The molecule has 12 heavy (non-hydrogen) atoms. The number of carboxylic acids is 1. The Hall–Kier alpha value is -0.570. The molecule has 0 saturated heterocycles. The third kappa shape index (κ3) is 1.46. The third-order valence-corrected chi connectivity index (χ3v) is 2.95. The summed E-state index contributed by atoms with van der Waals surface area (Å²) in [7, 11) is 1.64. The minimum absolute atomic E-state index is 0.0234. The second kappa shape index (κ2) is 3.05. The van der Waals surface area contributed by atoms with Crippen LogP contribution in [0.2, 0.25) is 0 Å². The fraction of sp³-hybridized carbons (Fsp3) is 0.889. The average molecular weight is 172 g/mol. The molecule has 0 aromatic rings. The van der Waals surface area contributed by atoms with E-state index < -0.39 is 5.97 Å². The third-order valence-electron chi connectivity index (χ3n) is 2.95. The van der Waals surface area contributed by atoms with Crippen LogP contribution in [-0.4, -0.2) is 24.8 Å². The zero-order valence-corrected chi connectivity index (χ0v) is 7.83. The van der Waals surface area contributed by atoms with Crippen molar-refractivity contribution in [1.82, 2.24) is 0 Å². The molecule has 0 spiro atoms. The number of methoxy groups -OCH3 is 1. The van der Waals surface area contributed by atoms with E-state index in [0.29, 0.717) is 12.5 Å². The van der Waals surface area contributed by atoms with E-state index >= 15 is 0 Å². The molecule has 1 fully saturated rings. The van der Waals surface area contributed by atoms with Gasteiger partial charge in [-0.25, -0.2) is 0 Å². The van der Waals surface area contributed by atoms with Gasteiger partial charge >= 0.3 is 5.97 Å². The molecule has 1 saturated carbocycles. The molecule has 70 valence electrons. The largest absolute Gasteiger partial charge is 0.481 e. The fourth-order valence-corrected chi connectivity index (χ4v) is 2.02. The van der Waals surface area contributed by atoms with Crippen LogP contribution < -0.4 is 0 Å². The van der Waals surface area contributed by atoms with Crippen molar-refractivity contribution in [2.45, 2.75) is 20.3 Å². The standard InChI is InChI=1S/C9H16O3/c1-9(2)6(4-5-12-3)7(9)8(10)11/h6-7H,4-5H2,1-3H3,(H,10,11)/t6-,7+/m0/s1. The first-order chi connectivity index (χ1) is 5.51. The summed E-state index contributed by atoms with van der Waals surface area (Å²) in [6.45, 7) is 4.68. The van der Waals surface area contributed by atoms with Crippen molar-refractivity contribution < 1.29 is 14.6 Å². The van der Waals surface area contributed by atoms with Crippen molar-refractivity contribution in [3.05, 3.63) is 0 Å². The second-order valence-corrected chi connectivity index (χ2v) is 4.03. The van der Waals surface area contributed by atoms with Crippen molar-refractivity contribution in [3.8, 4) is 0 Å². The maximum absolute atomic E-state index is 10.7. The molecular formula is C9H16O3. The van der Waals surface area contributed by atoms with E-state index in [4.69, 9.17) is 9.84 Å². The van der Waals surface area contributed by atoms with Gasteiger partial charge in [0.25, 0.3) is 0 Å². The van der Waals surface area contributed by atoms with Gasteiger partial charge in [0.2, 0.25) is 0 Å². The molecular weight excluding hydrogens is 156 g/mol. The van der Waals surface area contributed by atoms with Crippen molar-refractivity contribution in [3.63, 3.8) is 0 Å². The van der Waals surface area contributed by atoms with Crippen LogP contribution in [0.25, 0.3) is 0 Å². The molecule has 0 radical (unpaired) electrons. The van der Waals surface area contributed by atoms with Gasteiger partial charge in [-0.2, -0.15) is 0 Å². The maximum Gasteiger partial charge on any atom is 0.307 e. The highest BCUT2D eigenvalue weighted by Crippen LogP contribution is 2.59. The Labute approximate surface area is 72.7 Å². The maximum atomic E-state index is 10.7.